The van der Waals surface area contributed by atoms with Gasteiger partial charge in [-0.05, 0) is 44.8 Å². The van der Waals surface area contributed by atoms with Crippen LogP contribution in [0.25, 0.3) is 0 Å². The fourth-order valence-corrected chi connectivity index (χ4v) is 3.50. The van der Waals surface area contributed by atoms with Crippen molar-refractivity contribution in [3.8, 4) is 12.1 Å². The summed E-state index contributed by atoms with van der Waals surface area (Å²) in [4.78, 5) is 14.9. The number of ether oxygens (including phenoxy) is 1. The number of nitrogens with zero attached hydrogens (tertiary/aromatic N) is 3. The average molecular weight is 339 g/mol. The lowest BCUT2D eigenvalue weighted by atomic mass is 9.72. The molecule has 1 aromatic carbocycles. The Morgan fingerprint density at radius 1 is 1.28 bits per heavy atom. The molecule has 0 radical (unpaired) electrons. The molecule has 132 valence electrons. The number of nitriles is 2. The molecule has 2 rings (SSSR count). The standard InChI is InChI=1S/C20H25N3O2/c1-2-25-19(24)20(18-8-4-3-5-9-18)10-13-23(14-11-20)16-17(15-22)7-6-12-21/h3-5,8-9,17H,2,6-7,10-11,13-14,16H2,1H3/t17-/m1/s1. The summed E-state index contributed by atoms with van der Waals surface area (Å²) >= 11 is 0. The Morgan fingerprint density at radius 3 is 2.52 bits per heavy atom. The third kappa shape index (κ3) is 4.59. The Hall–Kier alpha value is -2.37. The normalized spacial score (nSPS) is 17.9. The molecule has 1 aliphatic rings. The van der Waals surface area contributed by atoms with Crippen LogP contribution >= 0.6 is 0 Å². The molecule has 0 aromatic heterocycles. The summed E-state index contributed by atoms with van der Waals surface area (Å²) in [5.74, 6) is -0.284. The van der Waals surface area contributed by atoms with Crippen molar-refractivity contribution >= 4 is 5.97 Å². The van der Waals surface area contributed by atoms with Crippen molar-refractivity contribution in [2.45, 2.75) is 38.0 Å². The van der Waals surface area contributed by atoms with Crippen molar-refractivity contribution < 1.29 is 9.53 Å². The minimum atomic E-state index is -0.595. The Kier molecular flexibility index (Phi) is 6.98. The van der Waals surface area contributed by atoms with Crippen LogP contribution in [0, 0.1) is 28.6 Å². The highest BCUT2D eigenvalue weighted by Gasteiger charge is 2.44. The highest BCUT2D eigenvalue weighted by molar-refractivity contribution is 5.83. The molecule has 1 fully saturated rings. The lowest BCUT2D eigenvalue weighted by molar-refractivity contribution is -0.152. The summed E-state index contributed by atoms with van der Waals surface area (Å²) in [5.41, 5.74) is 0.414. The third-order valence-electron chi connectivity index (χ3n) is 4.97. The van der Waals surface area contributed by atoms with E-state index in [0.29, 0.717) is 38.8 Å². The van der Waals surface area contributed by atoms with E-state index in [1.807, 2.05) is 37.3 Å². The predicted octanol–water partition coefficient (Wildman–Crippen LogP) is 3.03. The van der Waals surface area contributed by atoms with Gasteiger partial charge in [0, 0.05) is 13.0 Å². The molecule has 5 heteroatoms. The first kappa shape index (κ1) is 19.0. The molecule has 1 heterocycles. The second-order valence-corrected chi connectivity index (χ2v) is 6.49. The van der Waals surface area contributed by atoms with Crippen molar-refractivity contribution in [2.75, 3.05) is 26.2 Å². The smallest absolute Gasteiger partial charge is 0.316 e. The van der Waals surface area contributed by atoms with Gasteiger partial charge in [-0.25, -0.2) is 0 Å². The molecule has 25 heavy (non-hydrogen) atoms. The number of rotatable bonds is 7. The van der Waals surface area contributed by atoms with Gasteiger partial charge in [0.1, 0.15) is 0 Å². The van der Waals surface area contributed by atoms with Crippen molar-refractivity contribution in [3.63, 3.8) is 0 Å². The molecule has 1 aliphatic heterocycles. The summed E-state index contributed by atoms with van der Waals surface area (Å²) in [6, 6.07) is 14.3. The second-order valence-electron chi connectivity index (χ2n) is 6.49. The number of hydrogen-bond acceptors (Lipinski definition) is 5. The number of carbonyl (C=O) groups excluding carboxylic acids is 1. The van der Waals surface area contributed by atoms with Gasteiger partial charge in [-0.3, -0.25) is 4.79 Å². The zero-order valence-corrected chi connectivity index (χ0v) is 14.8. The van der Waals surface area contributed by atoms with Crippen molar-refractivity contribution in [2.24, 2.45) is 5.92 Å². The number of likely N-dealkylation sites (tertiary alicyclic amines) is 1. The minimum Gasteiger partial charge on any atom is -0.465 e. The van der Waals surface area contributed by atoms with Crippen LogP contribution in [0.15, 0.2) is 30.3 Å². The van der Waals surface area contributed by atoms with Crippen LogP contribution in [0.4, 0.5) is 0 Å². The van der Waals surface area contributed by atoms with Gasteiger partial charge in [-0.15, -0.1) is 0 Å². The van der Waals surface area contributed by atoms with Crippen molar-refractivity contribution in [3.05, 3.63) is 35.9 Å². The van der Waals surface area contributed by atoms with E-state index in [4.69, 9.17) is 10.00 Å². The fourth-order valence-electron chi connectivity index (χ4n) is 3.50. The molecule has 0 aliphatic carbocycles. The number of piperidine rings is 1. The molecule has 1 aromatic rings. The third-order valence-corrected chi connectivity index (χ3v) is 4.97. The lowest BCUT2D eigenvalue weighted by Gasteiger charge is -2.40. The molecule has 0 amide bonds. The first-order valence-corrected chi connectivity index (χ1v) is 8.88. The highest BCUT2D eigenvalue weighted by atomic mass is 16.5. The summed E-state index contributed by atoms with van der Waals surface area (Å²) in [6.45, 7) is 4.36. The Labute approximate surface area is 149 Å². The Bertz CT molecular complexity index is 637. The van der Waals surface area contributed by atoms with E-state index >= 15 is 0 Å². The van der Waals surface area contributed by atoms with E-state index in [9.17, 15) is 10.1 Å². The molecule has 0 spiro atoms. The minimum absolute atomic E-state index is 0.133. The van der Waals surface area contributed by atoms with Gasteiger partial charge in [0.15, 0.2) is 0 Å². The second kappa shape index (κ2) is 9.20. The summed E-state index contributed by atoms with van der Waals surface area (Å²) in [6.07, 6.45) is 2.38. The molecule has 0 saturated carbocycles. The van der Waals surface area contributed by atoms with E-state index in [-0.39, 0.29) is 11.9 Å². The average Bonchev–Trinajstić information content (AvgIpc) is 2.66. The summed E-state index contributed by atoms with van der Waals surface area (Å²) < 4.78 is 5.38. The molecular formula is C20H25N3O2. The van der Waals surface area contributed by atoms with Crippen LogP contribution < -0.4 is 0 Å². The van der Waals surface area contributed by atoms with Gasteiger partial charge in [0.05, 0.1) is 30.1 Å². The Balaban J connectivity index is 2.08. The SMILES string of the molecule is CCOC(=O)C1(c2ccccc2)CCN(C[C@@H](C#N)CCC#N)CC1. The number of esters is 1. The number of benzene rings is 1. The maximum Gasteiger partial charge on any atom is 0.316 e. The monoisotopic (exact) mass is 339 g/mol. The molecule has 1 saturated heterocycles. The van der Waals surface area contributed by atoms with Crippen LogP contribution in [0.2, 0.25) is 0 Å². The van der Waals surface area contributed by atoms with Crippen LogP contribution in [-0.2, 0) is 14.9 Å². The fraction of sp³-hybridized carbons (Fsp3) is 0.550. The zero-order valence-electron chi connectivity index (χ0n) is 14.8. The summed E-state index contributed by atoms with van der Waals surface area (Å²) in [7, 11) is 0. The molecule has 0 N–H and O–H groups in total. The van der Waals surface area contributed by atoms with Gasteiger partial charge in [-0.1, -0.05) is 30.3 Å². The zero-order chi connectivity index (χ0) is 18.1. The van der Waals surface area contributed by atoms with E-state index < -0.39 is 5.41 Å². The number of carbonyl (C=O) groups is 1. The molecule has 0 bridgehead atoms. The van der Waals surface area contributed by atoms with Crippen LogP contribution in [0.3, 0.4) is 0 Å². The van der Waals surface area contributed by atoms with Crippen LogP contribution in [0.5, 0.6) is 0 Å². The van der Waals surface area contributed by atoms with Gasteiger partial charge in [0.2, 0.25) is 0 Å². The van der Waals surface area contributed by atoms with E-state index in [1.54, 1.807) is 0 Å². The quantitative estimate of drug-likeness (QED) is 0.714. The van der Waals surface area contributed by atoms with E-state index in [1.165, 1.54) is 0 Å². The van der Waals surface area contributed by atoms with Crippen molar-refractivity contribution in [1.82, 2.24) is 4.90 Å². The molecule has 5 nitrogen and oxygen atoms in total. The maximum absolute atomic E-state index is 12.7. The molecular weight excluding hydrogens is 314 g/mol. The maximum atomic E-state index is 12.7. The van der Waals surface area contributed by atoms with Gasteiger partial charge in [0.25, 0.3) is 0 Å². The van der Waals surface area contributed by atoms with Crippen LogP contribution in [0.1, 0.15) is 38.2 Å². The Morgan fingerprint density at radius 2 is 1.96 bits per heavy atom. The summed E-state index contributed by atoms with van der Waals surface area (Å²) in [5, 5.41) is 18.0. The van der Waals surface area contributed by atoms with Crippen molar-refractivity contribution in [1.29, 1.82) is 10.5 Å². The first-order valence-electron chi connectivity index (χ1n) is 8.88. The van der Waals surface area contributed by atoms with Crippen LogP contribution in [-0.4, -0.2) is 37.1 Å². The van der Waals surface area contributed by atoms with E-state index in [2.05, 4.69) is 17.0 Å². The largest absolute Gasteiger partial charge is 0.465 e. The first-order chi connectivity index (χ1) is 12.2. The van der Waals surface area contributed by atoms with E-state index in [0.717, 1.165) is 18.7 Å². The lowest BCUT2D eigenvalue weighted by Crippen LogP contribution is -2.49. The van der Waals surface area contributed by atoms with Gasteiger partial charge >= 0.3 is 5.97 Å². The molecule has 1 atom stereocenters. The van der Waals surface area contributed by atoms with Gasteiger partial charge < -0.3 is 9.64 Å². The molecule has 0 unspecified atom stereocenters. The highest BCUT2D eigenvalue weighted by Crippen LogP contribution is 2.37. The topological polar surface area (TPSA) is 77.1 Å². The number of hydrogen-bond donors (Lipinski definition) is 0. The predicted molar refractivity (Wildman–Crippen MR) is 94.4 cm³/mol. The van der Waals surface area contributed by atoms with Gasteiger partial charge in [-0.2, -0.15) is 10.5 Å².